The second kappa shape index (κ2) is 7.62. The van der Waals surface area contributed by atoms with Gasteiger partial charge in [0.05, 0.1) is 12.6 Å². The number of carbonyl (C=O) groups excluding carboxylic acids is 2. The molecule has 1 atom stereocenters. The molecular weight excluding hydrogens is 320 g/mol. The summed E-state index contributed by atoms with van der Waals surface area (Å²) in [6.07, 6.45) is 2.63. The molecule has 1 aliphatic carbocycles. The van der Waals surface area contributed by atoms with Crippen LogP contribution in [-0.4, -0.2) is 18.4 Å². The van der Waals surface area contributed by atoms with Gasteiger partial charge in [0.25, 0.3) is 0 Å². The van der Waals surface area contributed by atoms with Crippen LogP contribution in [0.1, 0.15) is 34.9 Å². The van der Waals surface area contributed by atoms with Gasteiger partial charge >= 0.3 is 0 Å². The Morgan fingerprint density at radius 1 is 1.21 bits per heavy atom. The van der Waals surface area contributed by atoms with Crippen molar-refractivity contribution in [1.29, 1.82) is 0 Å². The maximum Gasteiger partial charge on any atom is 0.239 e. The molecular formula is C19H22N2O2S. The van der Waals surface area contributed by atoms with E-state index in [-0.39, 0.29) is 30.3 Å². The van der Waals surface area contributed by atoms with Gasteiger partial charge in [0.2, 0.25) is 11.8 Å². The van der Waals surface area contributed by atoms with E-state index in [0.29, 0.717) is 0 Å². The first-order valence-electron chi connectivity index (χ1n) is 8.28. The molecule has 1 heterocycles. The van der Waals surface area contributed by atoms with Crippen LogP contribution in [0, 0.1) is 12.8 Å². The summed E-state index contributed by atoms with van der Waals surface area (Å²) >= 11 is 1.66. The Kier molecular flexibility index (Phi) is 5.30. The molecule has 3 rings (SSSR count). The number of rotatable bonds is 7. The van der Waals surface area contributed by atoms with Crippen molar-refractivity contribution in [3.05, 3.63) is 57.8 Å². The van der Waals surface area contributed by atoms with Crippen molar-refractivity contribution < 1.29 is 9.59 Å². The normalized spacial score (nSPS) is 14.9. The van der Waals surface area contributed by atoms with Gasteiger partial charge in [-0.05, 0) is 48.8 Å². The highest BCUT2D eigenvalue weighted by Gasteiger charge is 2.29. The topological polar surface area (TPSA) is 58.2 Å². The van der Waals surface area contributed by atoms with E-state index < -0.39 is 0 Å². The summed E-state index contributed by atoms with van der Waals surface area (Å²) in [4.78, 5) is 25.1. The van der Waals surface area contributed by atoms with E-state index in [4.69, 9.17) is 0 Å². The lowest BCUT2D eigenvalue weighted by atomic mass is 10.0. The van der Waals surface area contributed by atoms with Crippen molar-refractivity contribution in [2.75, 3.05) is 6.54 Å². The largest absolute Gasteiger partial charge is 0.347 e. The van der Waals surface area contributed by atoms with Crippen LogP contribution in [0.4, 0.5) is 0 Å². The van der Waals surface area contributed by atoms with Crippen LogP contribution in [-0.2, 0) is 16.0 Å². The number of benzene rings is 1. The smallest absolute Gasteiger partial charge is 0.239 e. The van der Waals surface area contributed by atoms with E-state index in [2.05, 4.69) is 35.8 Å². The first kappa shape index (κ1) is 16.7. The number of amides is 2. The van der Waals surface area contributed by atoms with Crippen LogP contribution in [0.15, 0.2) is 41.8 Å². The van der Waals surface area contributed by atoms with Gasteiger partial charge in [0, 0.05) is 10.8 Å². The Bertz CT molecular complexity index is 707. The molecule has 1 saturated carbocycles. The van der Waals surface area contributed by atoms with Gasteiger partial charge in [-0.2, -0.15) is 0 Å². The van der Waals surface area contributed by atoms with Gasteiger partial charge in [-0.3, -0.25) is 9.59 Å². The highest BCUT2D eigenvalue weighted by molar-refractivity contribution is 7.10. The van der Waals surface area contributed by atoms with Crippen LogP contribution in [0.5, 0.6) is 0 Å². The Hall–Kier alpha value is -2.14. The minimum absolute atomic E-state index is 0.00272. The number of thiophene rings is 1. The molecule has 0 unspecified atom stereocenters. The number of hydrogen-bond acceptors (Lipinski definition) is 3. The van der Waals surface area contributed by atoms with E-state index in [1.54, 1.807) is 11.3 Å². The van der Waals surface area contributed by atoms with Gasteiger partial charge < -0.3 is 10.6 Å². The zero-order valence-corrected chi connectivity index (χ0v) is 14.6. The molecule has 0 radical (unpaired) electrons. The van der Waals surface area contributed by atoms with E-state index in [0.717, 1.165) is 19.3 Å². The van der Waals surface area contributed by atoms with Gasteiger partial charge in [0.15, 0.2) is 0 Å². The van der Waals surface area contributed by atoms with E-state index in [1.165, 1.54) is 16.0 Å². The van der Waals surface area contributed by atoms with Crippen molar-refractivity contribution >= 4 is 23.2 Å². The monoisotopic (exact) mass is 342 g/mol. The van der Waals surface area contributed by atoms with Crippen molar-refractivity contribution in [1.82, 2.24) is 10.6 Å². The molecule has 1 aromatic heterocycles. The molecule has 2 N–H and O–H groups in total. The Balaban J connectivity index is 1.64. The quantitative estimate of drug-likeness (QED) is 0.813. The third-order valence-corrected chi connectivity index (χ3v) is 5.34. The fraction of sp³-hybridized carbons (Fsp3) is 0.368. The Morgan fingerprint density at radius 3 is 2.58 bits per heavy atom. The summed E-state index contributed by atoms with van der Waals surface area (Å²) in [7, 11) is 0. The Morgan fingerprint density at radius 2 is 1.96 bits per heavy atom. The predicted molar refractivity (Wildman–Crippen MR) is 95.8 cm³/mol. The van der Waals surface area contributed by atoms with Crippen molar-refractivity contribution in [2.45, 2.75) is 32.2 Å². The molecule has 2 amide bonds. The molecule has 1 aromatic carbocycles. The molecule has 1 fully saturated rings. The van der Waals surface area contributed by atoms with Crippen LogP contribution in [0.2, 0.25) is 0 Å². The van der Waals surface area contributed by atoms with Gasteiger partial charge in [-0.1, -0.05) is 30.3 Å². The summed E-state index contributed by atoms with van der Waals surface area (Å²) in [5, 5.41) is 7.85. The summed E-state index contributed by atoms with van der Waals surface area (Å²) < 4.78 is 0. The Labute approximate surface area is 146 Å². The van der Waals surface area contributed by atoms with Crippen molar-refractivity contribution in [3.63, 3.8) is 0 Å². The molecule has 0 saturated heterocycles. The lowest BCUT2D eigenvalue weighted by Gasteiger charge is -2.19. The second-order valence-electron chi connectivity index (χ2n) is 6.27. The van der Waals surface area contributed by atoms with E-state index in [9.17, 15) is 9.59 Å². The lowest BCUT2D eigenvalue weighted by Crippen LogP contribution is -2.39. The maximum atomic E-state index is 12.3. The summed E-state index contributed by atoms with van der Waals surface area (Å²) in [6.45, 7) is 2.11. The molecule has 0 aliphatic heterocycles. The number of carbonyl (C=O) groups is 2. The predicted octanol–water partition coefficient (Wildman–Crippen LogP) is 2.98. The van der Waals surface area contributed by atoms with Gasteiger partial charge in [-0.25, -0.2) is 0 Å². The zero-order valence-electron chi connectivity index (χ0n) is 13.7. The highest BCUT2D eigenvalue weighted by Crippen LogP contribution is 2.29. The third kappa shape index (κ3) is 4.45. The molecule has 24 heavy (non-hydrogen) atoms. The molecule has 5 heteroatoms. The summed E-state index contributed by atoms with van der Waals surface area (Å²) in [6, 6.07) is 12.1. The fourth-order valence-corrected chi connectivity index (χ4v) is 3.68. The molecule has 4 nitrogen and oxygen atoms in total. The van der Waals surface area contributed by atoms with Crippen molar-refractivity contribution in [2.24, 2.45) is 5.92 Å². The zero-order chi connectivity index (χ0) is 16.9. The van der Waals surface area contributed by atoms with Gasteiger partial charge in [0.1, 0.15) is 0 Å². The van der Waals surface area contributed by atoms with E-state index in [1.807, 2.05) is 23.6 Å². The third-order valence-electron chi connectivity index (χ3n) is 4.21. The van der Waals surface area contributed by atoms with E-state index >= 15 is 0 Å². The first-order valence-corrected chi connectivity index (χ1v) is 9.16. The minimum atomic E-state index is -0.141. The average molecular weight is 342 g/mol. The molecule has 126 valence electrons. The number of hydrogen-bond donors (Lipinski definition) is 2. The number of aryl methyl sites for hydroxylation is 1. The molecule has 0 bridgehead atoms. The summed E-state index contributed by atoms with van der Waals surface area (Å²) in [5.74, 6) is -0.0211. The molecule has 2 aromatic rings. The van der Waals surface area contributed by atoms with Crippen LogP contribution < -0.4 is 10.6 Å². The van der Waals surface area contributed by atoms with Gasteiger partial charge in [-0.15, -0.1) is 11.3 Å². The molecule has 0 spiro atoms. The number of nitrogens with one attached hydrogen (secondary N) is 2. The van der Waals surface area contributed by atoms with Crippen LogP contribution in [0.25, 0.3) is 0 Å². The standard InChI is InChI=1S/C19H22N2O2S/c1-13-9-10-24-18(13)16(11-14-5-3-2-4-6-14)21-17(22)12-20-19(23)15-7-8-15/h2-6,9-10,15-16H,7-8,11-12H2,1H3,(H,20,23)(H,21,22)/t16-/m1/s1. The lowest BCUT2D eigenvalue weighted by molar-refractivity contribution is -0.127. The van der Waals surface area contributed by atoms with Crippen molar-refractivity contribution in [3.8, 4) is 0 Å². The highest BCUT2D eigenvalue weighted by atomic mass is 32.1. The van der Waals surface area contributed by atoms with Crippen LogP contribution >= 0.6 is 11.3 Å². The minimum Gasteiger partial charge on any atom is -0.347 e. The average Bonchev–Trinajstić information content (AvgIpc) is 3.35. The SMILES string of the molecule is Cc1ccsc1[C@@H](Cc1ccccc1)NC(=O)CNC(=O)C1CC1. The molecule has 1 aliphatic rings. The van der Waals surface area contributed by atoms with Crippen LogP contribution in [0.3, 0.4) is 0 Å². The maximum absolute atomic E-state index is 12.3. The first-order chi connectivity index (χ1) is 11.6. The summed E-state index contributed by atoms with van der Waals surface area (Å²) in [5.41, 5.74) is 2.36. The second-order valence-corrected chi connectivity index (χ2v) is 7.22. The fourth-order valence-electron chi connectivity index (χ4n) is 2.70.